The first-order chi connectivity index (χ1) is 9.27. The zero-order chi connectivity index (χ0) is 15.3. The predicted octanol–water partition coefficient (Wildman–Crippen LogP) is 2.97. The highest BCUT2D eigenvalue weighted by molar-refractivity contribution is 5.33. The third-order valence-electron chi connectivity index (χ3n) is 4.25. The number of likely N-dealkylation sites (N-methyl/N-ethyl adjacent to an activating group) is 1. The number of benzene rings is 1. The van der Waals surface area contributed by atoms with Gasteiger partial charge in [0.05, 0.1) is 13.2 Å². The Morgan fingerprint density at radius 1 is 1.25 bits per heavy atom. The van der Waals surface area contributed by atoms with Crippen molar-refractivity contribution in [2.24, 2.45) is 5.41 Å². The van der Waals surface area contributed by atoms with E-state index in [9.17, 15) is 5.11 Å². The van der Waals surface area contributed by atoms with Crippen LogP contribution in [0.25, 0.3) is 0 Å². The molecule has 0 saturated carbocycles. The fourth-order valence-electron chi connectivity index (χ4n) is 2.28. The summed E-state index contributed by atoms with van der Waals surface area (Å²) in [5.74, 6) is 0.947. The van der Waals surface area contributed by atoms with Crippen LogP contribution in [0.3, 0.4) is 0 Å². The van der Waals surface area contributed by atoms with Crippen LogP contribution in [0.4, 0.5) is 0 Å². The van der Waals surface area contributed by atoms with Gasteiger partial charge in [-0.1, -0.05) is 32.0 Å². The molecule has 0 radical (unpaired) electrons. The molecule has 0 aromatic heterocycles. The van der Waals surface area contributed by atoms with Gasteiger partial charge in [-0.05, 0) is 38.9 Å². The first kappa shape index (κ1) is 17.0. The van der Waals surface area contributed by atoms with Gasteiger partial charge in [0.25, 0.3) is 0 Å². The van der Waals surface area contributed by atoms with E-state index in [1.807, 2.05) is 25.1 Å². The van der Waals surface area contributed by atoms with Crippen LogP contribution in [0.2, 0.25) is 0 Å². The molecule has 2 unspecified atom stereocenters. The van der Waals surface area contributed by atoms with E-state index in [1.165, 1.54) is 5.56 Å². The van der Waals surface area contributed by atoms with Crippen molar-refractivity contribution in [3.63, 3.8) is 0 Å². The number of aliphatic hydroxyl groups excluding tert-OH is 1. The molecule has 2 atom stereocenters. The summed E-state index contributed by atoms with van der Waals surface area (Å²) in [5.41, 5.74) is 1.12. The number of rotatable bonds is 7. The lowest BCUT2D eigenvalue weighted by atomic mass is 9.86. The minimum absolute atomic E-state index is 0.107. The van der Waals surface area contributed by atoms with Crippen LogP contribution in [-0.4, -0.2) is 42.9 Å². The maximum absolute atomic E-state index is 9.84. The Kier molecular flexibility index (Phi) is 6.03. The molecule has 3 nitrogen and oxygen atoms in total. The van der Waals surface area contributed by atoms with E-state index in [-0.39, 0.29) is 11.5 Å². The van der Waals surface area contributed by atoms with E-state index < -0.39 is 0 Å². The molecule has 0 heterocycles. The van der Waals surface area contributed by atoms with Gasteiger partial charge in [-0.2, -0.15) is 0 Å². The van der Waals surface area contributed by atoms with Crippen LogP contribution in [0.15, 0.2) is 24.3 Å². The monoisotopic (exact) mass is 279 g/mol. The van der Waals surface area contributed by atoms with E-state index in [0.717, 1.165) is 18.7 Å². The molecule has 0 spiro atoms. The van der Waals surface area contributed by atoms with E-state index in [1.54, 1.807) is 7.11 Å². The molecule has 1 rings (SSSR count). The van der Waals surface area contributed by atoms with E-state index >= 15 is 0 Å². The standard InChI is InChI=1S/C17H29NO2/c1-13(18(5)12-17(3,4)14(2)19)11-15-9-7-8-10-16(15)20-6/h7-10,13-14,19H,11-12H2,1-6H3. The highest BCUT2D eigenvalue weighted by Crippen LogP contribution is 2.24. The van der Waals surface area contributed by atoms with Crippen molar-refractivity contribution >= 4 is 0 Å². The third-order valence-corrected chi connectivity index (χ3v) is 4.25. The summed E-state index contributed by atoms with van der Waals surface area (Å²) in [6, 6.07) is 8.55. The van der Waals surface area contributed by atoms with Gasteiger partial charge >= 0.3 is 0 Å². The Hall–Kier alpha value is -1.06. The van der Waals surface area contributed by atoms with Crippen LogP contribution in [0.1, 0.15) is 33.3 Å². The second-order valence-electron chi connectivity index (χ2n) is 6.44. The number of hydrogen-bond acceptors (Lipinski definition) is 3. The molecule has 0 bridgehead atoms. The van der Waals surface area contributed by atoms with Crippen molar-refractivity contribution < 1.29 is 9.84 Å². The zero-order valence-corrected chi connectivity index (χ0v) is 13.7. The van der Waals surface area contributed by atoms with Crippen molar-refractivity contribution in [2.75, 3.05) is 20.7 Å². The van der Waals surface area contributed by atoms with Gasteiger partial charge in [-0.15, -0.1) is 0 Å². The summed E-state index contributed by atoms with van der Waals surface area (Å²) in [4.78, 5) is 2.30. The Morgan fingerprint density at radius 2 is 1.85 bits per heavy atom. The third kappa shape index (κ3) is 4.50. The first-order valence-corrected chi connectivity index (χ1v) is 7.28. The van der Waals surface area contributed by atoms with Crippen LogP contribution in [-0.2, 0) is 6.42 Å². The molecule has 0 amide bonds. The smallest absolute Gasteiger partial charge is 0.122 e. The highest BCUT2D eigenvalue weighted by Gasteiger charge is 2.27. The lowest BCUT2D eigenvalue weighted by Crippen LogP contribution is -2.42. The van der Waals surface area contributed by atoms with Crippen LogP contribution >= 0.6 is 0 Å². The summed E-state index contributed by atoms with van der Waals surface area (Å²) in [5, 5.41) is 9.84. The Morgan fingerprint density at radius 3 is 2.40 bits per heavy atom. The molecule has 0 aliphatic carbocycles. The molecule has 1 aromatic carbocycles. The summed E-state index contributed by atoms with van der Waals surface area (Å²) >= 11 is 0. The topological polar surface area (TPSA) is 32.7 Å². The van der Waals surface area contributed by atoms with E-state index in [4.69, 9.17) is 4.74 Å². The van der Waals surface area contributed by atoms with Crippen LogP contribution < -0.4 is 4.74 Å². The number of methoxy groups -OCH3 is 1. The Bertz CT molecular complexity index is 415. The second kappa shape index (κ2) is 7.09. The largest absolute Gasteiger partial charge is 0.496 e. The average molecular weight is 279 g/mol. The molecular formula is C17H29NO2. The Balaban J connectivity index is 2.68. The minimum atomic E-state index is -0.316. The SMILES string of the molecule is COc1ccccc1CC(C)N(C)CC(C)(C)C(C)O. The first-order valence-electron chi connectivity index (χ1n) is 7.28. The Labute approximate surface area is 123 Å². The lowest BCUT2D eigenvalue weighted by Gasteiger charge is -2.36. The average Bonchev–Trinajstić information content (AvgIpc) is 2.38. The number of para-hydroxylation sites is 1. The maximum atomic E-state index is 9.84. The van der Waals surface area contributed by atoms with Crippen molar-refractivity contribution in [1.82, 2.24) is 4.90 Å². The fourth-order valence-corrected chi connectivity index (χ4v) is 2.28. The fraction of sp³-hybridized carbons (Fsp3) is 0.647. The van der Waals surface area contributed by atoms with Crippen LogP contribution in [0, 0.1) is 5.41 Å². The maximum Gasteiger partial charge on any atom is 0.122 e. The molecule has 0 fully saturated rings. The second-order valence-corrected chi connectivity index (χ2v) is 6.44. The number of nitrogens with zero attached hydrogens (tertiary/aromatic N) is 1. The van der Waals surface area contributed by atoms with Crippen molar-refractivity contribution in [1.29, 1.82) is 0 Å². The van der Waals surface area contributed by atoms with Crippen molar-refractivity contribution in [3.05, 3.63) is 29.8 Å². The number of hydrogen-bond donors (Lipinski definition) is 1. The molecule has 1 N–H and O–H groups in total. The normalized spacial score (nSPS) is 15.2. The molecule has 0 saturated heterocycles. The molecule has 1 aromatic rings. The molecule has 0 aliphatic rings. The summed E-state index contributed by atoms with van der Waals surface area (Å²) in [7, 11) is 3.83. The van der Waals surface area contributed by atoms with Gasteiger partial charge in [0.1, 0.15) is 5.75 Å². The zero-order valence-electron chi connectivity index (χ0n) is 13.7. The molecule has 0 aliphatic heterocycles. The quantitative estimate of drug-likeness (QED) is 0.833. The molecular weight excluding hydrogens is 250 g/mol. The summed E-state index contributed by atoms with van der Waals surface area (Å²) in [6.07, 6.45) is 0.625. The van der Waals surface area contributed by atoms with Gasteiger partial charge in [-0.3, -0.25) is 0 Å². The summed E-state index contributed by atoms with van der Waals surface area (Å²) in [6.45, 7) is 9.14. The molecule has 3 heteroatoms. The summed E-state index contributed by atoms with van der Waals surface area (Å²) < 4.78 is 5.41. The van der Waals surface area contributed by atoms with Gasteiger partial charge in [0.2, 0.25) is 0 Å². The van der Waals surface area contributed by atoms with Gasteiger partial charge in [0.15, 0.2) is 0 Å². The van der Waals surface area contributed by atoms with E-state index in [0.29, 0.717) is 6.04 Å². The van der Waals surface area contributed by atoms with Gasteiger partial charge in [-0.25, -0.2) is 0 Å². The number of aliphatic hydroxyl groups is 1. The number of ether oxygens (including phenoxy) is 1. The van der Waals surface area contributed by atoms with Gasteiger partial charge < -0.3 is 14.7 Å². The van der Waals surface area contributed by atoms with Crippen LogP contribution in [0.5, 0.6) is 5.75 Å². The molecule has 114 valence electrons. The highest BCUT2D eigenvalue weighted by atomic mass is 16.5. The van der Waals surface area contributed by atoms with Gasteiger partial charge in [0, 0.05) is 18.0 Å². The van der Waals surface area contributed by atoms with Crippen molar-refractivity contribution in [3.8, 4) is 5.75 Å². The molecule has 20 heavy (non-hydrogen) atoms. The van der Waals surface area contributed by atoms with Crippen molar-refractivity contribution in [2.45, 2.75) is 46.3 Å². The predicted molar refractivity (Wildman–Crippen MR) is 84.3 cm³/mol. The minimum Gasteiger partial charge on any atom is -0.496 e. The lowest BCUT2D eigenvalue weighted by molar-refractivity contribution is 0.0323. The van der Waals surface area contributed by atoms with E-state index in [2.05, 4.69) is 38.8 Å².